The number of halogens is 2. The number of nitrogens with zero attached hydrogens (tertiary/aromatic N) is 3. The lowest BCUT2D eigenvalue weighted by Gasteiger charge is -2.13. The van der Waals surface area contributed by atoms with Crippen LogP contribution >= 0.6 is 23.2 Å². The summed E-state index contributed by atoms with van der Waals surface area (Å²) in [5, 5.41) is 10.2. The van der Waals surface area contributed by atoms with Crippen LogP contribution in [-0.2, 0) is 0 Å². The Hall–Kier alpha value is -0.840. The maximum absolute atomic E-state index is 9.24. The molecule has 1 fully saturated rings. The van der Waals surface area contributed by atoms with E-state index in [1.807, 2.05) is 11.5 Å². The highest BCUT2D eigenvalue weighted by Crippen LogP contribution is 2.37. The van der Waals surface area contributed by atoms with Gasteiger partial charge < -0.3 is 9.67 Å². The van der Waals surface area contributed by atoms with Crippen LogP contribution in [0.25, 0.3) is 11.2 Å². The maximum atomic E-state index is 9.24. The summed E-state index contributed by atoms with van der Waals surface area (Å²) in [6, 6.07) is 0.324. The number of hydrogen-bond donors (Lipinski definition) is 1. The molecule has 2 atom stereocenters. The summed E-state index contributed by atoms with van der Waals surface area (Å²) in [7, 11) is 0. The SMILES string of the molecule is Cc1c(Cl)nc2c(ncn2C2CC[C@@H](CO)C2)c1Cl. The van der Waals surface area contributed by atoms with Crippen molar-refractivity contribution in [3.63, 3.8) is 0 Å². The molecule has 0 bridgehead atoms. The fourth-order valence-corrected chi connectivity index (χ4v) is 3.25. The van der Waals surface area contributed by atoms with Crippen molar-refractivity contribution in [2.24, 2.45) is 5.92 Å². The average Bonchev–Trinajstić information content (AvgIpc) is 3.01. The Morgan fingerprint density at radius 3 is 2.89 bits per heavy atom. The van der Waals surface area contributed by atoms with E-state index in [9.17, 15) is 5.11 Å². The fourth-order valence-electron chi connectivity index (χ4n) is 2.80. The topological polar surface area (TPSA) is 50.9 Å². The summed E-state index contributed by atoms with van der Waals surface area (Å²) >= 11 is 12.4. The summed E-state index contributed by atoms with van der Waals surface area (Å²) in [5.74, 6) is 0.374. The number of aliphatic hydroxyl groups excluding tert-OH is 1. The molecule has 0 aromatic carbocycles. The van der Waals surface area contributed by atoms with Crippen molar-refractivity contribution in [2.75, 3.05) is 6.61 Å². The van der Waals surface area contributed by atoms with Gasteiger partial charge in [0.25, 0.3) is 0 Å². The maximum Gasteiger partial charge on any atom is 0.163 e. The van der Waals surface area contributed by atoms with Gasteiger partial charge in [0.15, 0.2) is 5.65 Å². The lowest BCUT2D eigenvalue weighted by Crippen LogP contribution is -2.07. The lowest BCUT2D eigenvalue weighted by molar-refractivity contribution is 0.226. The molecule has 1 aliphatic rings. The van der Waals surface area contributed by atoms with E-state index < -0.39 is 0 Å². The molecule has 3 rings (SSSR count). The predicted molar refractivity (Wildman–Crippen MR) is 75.7 cm³/mol. The van der Waals surface area contributed by atoms with Crippen LogP contribution in [0.4, 0.5) is 0 Å². The molecule has 0 spiro atoms. The summed E-state index contributed by atoms with van der Waals surface area (Å²) < 4.78 is 2.04. The molecule has 102 valence electrons. The minimum atomic E-state index is 0.247. The number of imidazole rings is 1. The van der Waals surface area contributed by atoms with Crippen LogP contribution in [0.1, 0.15) is 30.9 Å². The number of pyridine rings is 1. The lowest BCUT2D eigenvalue weighted by atomic mass is 10.1. The summed E-state index contributed by atoms with van der Waals surface area (Å²) in [5.41, 5.74) is 2.21. The number of fused-ring (bicyclic) bond motifs is 1. The average molecular weight is 300 g/mol. The number of rotatable bonds is 2. The molecule has 0 saturated heterocycles. The van der Waals surface area contributed by atoms with E-state index in [1.54, 1.807) is 6.33 Å². The predicted octanol–water partition coefficient (Wildman–Crippen LogP) is 3.38. The van der Waals surface area contributed by atoms with Gasteiger partial charge in [0, 0.05) is 18.2 Å². The first-order chi connectivity index (χ1) is 9.11. The van der Waals surface area contributed by atoms with Gasteiger partial charge in [0.1, 0.15) is 10.7 Å². The monoisotopic (exact) mass is 299 g/mol. The van der Waals surface area contributed by atoms with Crippen molar-refractivity contribution in [1.29, 1.82) is 0 Å². The van der Waals surface area contributed by atoms with Crippen LogP contribution in [-0.4, -0.2) is 26.2 Å². The van der Waals surface area contributed by atoms with Gasteiger partial charge in [-0.2, -0.15) is 0 Å². The Morgan fingerprint density at radius 2 is 2.21 bits per heavy atom. The van der Waals surface area contributed by atoms with Gasteiger partial charge in [-0.1, -0.05) is 23.2 Å². The van der Waals surface area contributed by atoms with E-state index in [4.69, 9.17) is 23.2 Å². The Bertz CT molecular complexity index is 626. The van der Waals surface area contributed by atoms with Gasteiger partial charge >= 0.3 is 0 Å². The van der Waals surface area contributed by atoms with Crippen LogP contribution in [0.5, 0.6) is 0 Å². The molecular formula is C13H15Cl2N3O. The third kappa shape index (κ3) is 2.12. The molecule has 1 saturated carbocycles. The van der Waals surface area contributed by atoms with Crippen molar-refractivity contribution in [3.05, 3.63) is 22.1 Å². The quantitative estimate of drug-likeness (QED) is 0.865. The van der Waals surface area contributed by atoms with Gasteiger partial charge in [-0.15, -0.1) is 0 Å². The van der Waals surface area contributed by atoms with Crippen molar-refractivity contribution >= 4 is 34.4 Å². The highest BCUT2D eigenvalue weighted by molar-refractivity contribution is 6.38. The first-order valence-corrected chi connectivity index (χ1v) is 7.16. The van der Waals surface area contributed by atoms with Crippen molar-refractivity contribution in [1.82, 2.24) is 14.5 Å². The Labute approximate surface area is 121 Å². The summed E-state index contributed by atoms with van der Waals surface area (Å²) in [6.07, 6.45) is 4.80. The van der Waals surface area contributed by atoms with Crippen LogP contribution in [0.2, 0.25) is 10.2 Å². The molecule has 19 heavy (non-hydrogen) atoms. The Morgan fingerprint density at radius 1 is 1.42 bits per heavy atom. The second kappa shape index (κ2) is 4.93. The van der Waals surface area contributed by atoms with Gasteiger partial charge in [-0.25, -0.2) is 9.97 Å². The molecule has 1 aliphatic carbocycles. The minimum absolute atomic E-state index is 0.247. The van der Waals surface area contributed by atoms with Crippen LogP contribution in [0, 0.1) is 12.8 Å². The smallest absolute Gasteiger partial charge is 0.163 e. The zero-order valence-electron chi connectivity index (χ0n) is 10.6. The molecule has 2 aromatic heterocycles. The molecule has 6 heteroatoms. The van der Waals surface area contributed by atoms with Crippen LogP contribution < -0.4 is 0 Å². The first-order valence-electron chi connectivity index (χ1n) is 6.40. The second-order valence-corrected chi connectivity index (χ2v) is 5.92. The largest absolute Gasteiger partial charge is 0.396 e. The van der Waals surface area contributed by atoms with Crippen molar-refractivity contribution in [3.8, 4) is 0 Å². The fraction of sp³-hybridized carbons (Fsp3) is 0.538. The molecule has 1 unspecified atom stereocenters. The number of aromatic nitrogens is 3. The Kier molecular flexibility index (Phi) is 3.41. The molecule has 0 radical (unpaired) electrons. The van der Waals surface area contributed by atoms with Gasteiger partial charge in [-0.05, 0) is 32.1 Å². The number of hydrogen-bond acceptors (Lipinski definition) is 3. The highest BCUT2D eigenvalue weighted by atomic mass is 35.5. The van der Waals surface area contributed by atoms with Gasteiger partial charge in [0.05, 0.1) is 11.3 Å². The molecule has 0 amide bonds. The van der Waals surface area contributed by atoms with E-state index in [2.05, 4.69) is 9.97 Å². The number of aliphatic hydroxyl groups is 1. The normalized spacial score (nSPS) is 23.4. The van der Waals surface area contributed by atoms with Crippen molar-refractivity contribution in [2.45, 2.75) is 32.2 Å². The summed E-state index contributed by atoms with van der Waals surface area (Å²) in [6.45, 7) is 2.09. The highest BCUT2D eigenvalue weighted by Gasteiger charge is 2.27. The van der Waals surface area contributed by atoms with Gasteiger partial charge in [0.2, 0.25) is 0 Å². The molecule has 4 nitrogen and oxygen atoms in total. The third-order valence-corrected chi connectivity index (χ3v) is 4.81. The standard InChI is InChI=1S/C13H15Cl2N3O/c1-7-10(14)11-13(17-12(7)15)18(6-16-11)9-3-2-8(4-9)5-19/h6,8-9,19H,2-5H2,1H3/t8-,9?/m1/s1. The van der Waals surface area contributed by atoms with E-state index in [-0.39, 0.29) is 6.61 Å². The zero-order chi connectivity index (χ0) is 13.6. The molecule has 1 N–H and O–H groups in total. The van der Waals surface area contributed by atoms with E-state index >= 15 is 0 Å². The van der Waals surface area contributed by atoms with E-state index in [0.717, 1.165) is 30.5 Å². The van der Waals surface area contributed by atoms with Crippen LogP contribution in [0.15, 0.2) is 6.33 Å². The van der Waals surface area contributed by atoms with Gasteiger partial charge in [-0.3, -0.25) is 0 Å². The van der Waals surface area contributed by atoms with E-state index in [0.29, 0.717) is 27.7 Å². The third-order valence-electron chi connectivity index (χ3n) is 3.98. The van der Waals surface area contributed by atoms with Crippen molar-refractivity contribution < 1.29 is 5.11 Å². The molecule has 2 heterocycles. The second-order valence-electron chi connectivity index (χ2n) is 5.18. The molecule has 2 aromatic rings. The summed E-state index contributed by atoms with van der Waals surface area (Å²) in [4.78, 5) is 8.77. The Balaban J connectivity index is 2.06. The molecule has 0 aliphatic heterocycles. The molecular weight excluding hydrogens is 285 g/mol. The zero-order valence-corrected chi connectivity index (χ0v) is 12.1. The first kappa shape index (κ1) is 13.2. The minimum Gasteiger partial charge on any atom is -0.396 e. The van der Waals surface area contributed by atoms with E-state index in [1.165, 1.54) is 0 Å². The van der Waals surface area contributed by atoms with Crippen LogP contribution in [0.3, 0.4) is 0 Å².